The molecule has 5 nitrogen and oxygen atoms in total. The maximum atomic E-state index is 5.87. The molecule has 1 aromatic heterocycles. The highest BCUT2D eigenvalue weighted by Gasteiger charge is 2.28. The number of hydrogen-bond donors (Lipinski definition) is 1. The van der Waals surface area contributed by atoms with Crippen molar-refractivity contribution >= 4 is 22.6 Å². The van der Waals surface area contributed by atoms with Crippen molar-refractivity contribution in [2.45, 2.75) is 25.6 Å². The first-order chi connectivity index (χ1) is 8.05. The van der Waals surface area contributed by atoms with E-state index in [9.17, 15) is 0 Å². The second kappa shape index (κ2) is 5.45. The molecule has 0 radical (unpaired) electrons. The van der Waals surface area contributed by atoms with Gasteiger partial charge in [-0.15, -0.1) is 0 Å². The van der Waals surface area contributed by atoms with E-state index in [0.29, 0.717) is 12.6 Å². The van der Waals surface area contributed by atoms with Crippen LogP contribution in [0.3, 0.4) is 0 Å². The molecule has 2 heterocycles. The van der Waals surface area contributed by atoms with Crippen molar-refractivity contribution in [2.24, 2.45) is 0 Å². The molecule has 1 fully saturated rings. The monoisotopic (exact) mass is 349 g/mol. The highest BCUT2D eigenvalue weighted by molar-refractivity contribution is 14.1. The first-order valence-corrected chi connectivity index (χ1v) is 6.62. The smallest absolute Gasteiger partial charge is 0.316 e. The predicted molar refractivity (Wildman–Crippen MR) is 72.1 cm³/mol. The molecular weight excluding hydrogens is 333 g/mol. The fraction of sp³-hybridized carbons (Fsp3) is 0.636. The van der Waals surface area contributed by atoms with Gasteiger partial charge < -0.3 is 14.8 Å². The lowest BCUT2D eigenvalue weighted by atomic mass is 10.1. The van der Waals surface area contributed by atoms with Gasteiger partial charge in [-0.05, 0) is 36.4 Å². The molecular formula is C11H16IN3O2. The molecule has 1 aliphatic heterocycles. The Kier molecular flexibility index (Phi) is 4.16. The summed E-state index contributed by atoms with van der Waals surface area (Å²) in [6.45, 7) is 6.26. The van der Waals surface area contributed by atoms with Crippen LogP contribution in [0.1, 0.15) is 13.8 Å². The van der Waals surface area contributed by atoms with E-state index in [0.717, 1.165) is 16.7 Å². The van der Waals surface area contributed by atoms with Crippen LogP contribution in [0, 0.1) is 3.57 Å². The Balaban J connectivity index is 1.84. The van der Waals surface area contributed by atoms with E-state index in [1.54, 1.807) is 12.4 Å². The molecule has 0 spiro atoms. The Morgan fingerprint density at radius 2 is 2.24 bits per heavy atom. The van der Waals surface area contributed by atoms with Gasteiger partial charge in [0.1, 0.15) is 12.7 Å². The number of ether oxygens (including phenoxy) is 2. The summed E-state index contributed by atoms with van der Waals surface area (Å²) in [6, 6.07) is 0.400. The van der Waals surface area contributed by atoms with Crippen LogP contribution in [-0.2, 0) is 4.74 Å². The number of aromatic nitrogens is 2. The van der Waals surface area contributed by atoms with Crippen LogP contribution < -0.4 is 10.1 Å². The Hall–Kier alpha value is -0.470. The van der Waals surface area contributed by atoms with E-state index in [2.05, 4.69) is 51.7 Å². The number of rotatable bonds is 3. The minimum Gasteiger partial charge on any atom is -0.461 e. The Morgan fingerprint density at radius 1 is 1.53 bits per heavy atom. The van der Waals surface area contributed by atoms with Crippen molar-refractivity contribution < 1.29 is 9.47 Å². The van der Waals surface area contributed by atoms with Crippen LogP contribution in [0.25, 0.3) is 0 Å². The molecule has 6 heteroatoms. The average Bonchev–Trinajstić information content (AvgIpc) is 2.27. The van der Waals surface area contributed by atoms with Gasteiger partial charge in [0.2, 0.25) is 0 Å². The summed E-state index contributed by atoms with van der Waals surface area (Å²) in [7, 11) is 0. The number of nitrogens with one attached hydrogen (secondary N) is 1. The molecule has 1 aromatic rings. The quantitative estimate of drug-likeness (QED) is 0.832. The van der Waals surface area contributed by atoms with E-state index in [-0.39, 0.29) is 11.7 Å². The zero-order valence-corrected chi connectivity index (χ0v) is 12.1. The second-order valence-corrected chi connectivity index (χ2v) is 5.87. The number of hydrogen-bond acceptors (Lipinski definition) is 5. The fourth-order valence-electron chi connectivity index (χ4n) is 1.70. The third kappa shape index (κ3) is 4.04. The van der Waals surface area contributed by atoms with Gasteiger partial charge in [-0.2, -0.15) is 0 Å². The van der Waals surface area contributed by atoms with E-state index in [1.807, 2.05) is 0 Å². The van der Waals surface area contributed by atoms with E-state index in [1.165, 1.54) is 0 Å². The third-order valence-electron chi connectivity index (χ3n) is 2.40. The van der Waals surface area contributed by atoms with Crippen LogP contribution in [-0.4, -0.2) is 41.4 Å². The minimum absolute atomic E-state index is 0.0432. The third-order valence-corrected chi connectivity index (χ3v) is 2.96. The number of morpholine rings is 1. The summed E-state index contributed by atoms with van der Waals surface area (Å²) in [5.41, 5.74) is -0.140. The molecule has 1 saturated heterocycles. The molecule has 0 amide bonds. The van der Waals surface area contributed by atoms with Crippen molar-refractivity contribution in [1.82, 2.24) is 15.3 Å². The molecule has 0 bridgehead atoms. The number of halogens is 1. The predicted octanol–water partition coefficient (Wildman–Crippen LogP) is 1.23. The van der Waals surface area contributed by atoms with Crippen LogP contribution in [0.2, 0.25) is 0 Å². The topological polar surface area (TPSA) is 56.3 Å². The SMILES string of the molecule is CC1(C)CNCC(COc2ncc(I)cn2)O1. The molecule has 17 heavy (non-hydrogen) atoms. The normalized spacial score (nSPS) is 23.4. The van der Waals surface area contributed by atoms with Crippen molar-refractivity contribution in [3.63, 3.8) is 0 Å². The first kappa shape index (κ1) is 13.0. The minimum atomic E-state index is -0.140. The molecule has 0 aromatic carbocycles. The van der Waals surface area contributed by atoms with Gasteiger partial charge in [-0.3, -0.25) is 0 Å². The largest absolute Gasteiger partial charge is 0.461 e. The average molecular weight is 349 g/mol. The highest BCUT2D eigenvalue weighted by atomic mass is 127. The molecule has 1 N–H and O–H groups in total. The summed E-state index contributed by atoms with van der Waals surface area (Å²) in [4.78, 5) is 8.16. The van der Waals surface area contributed by atoms with Gasteiger partial charge in [0.05, 0.1) is 5.60 Å². The lowest BCUT2D eigenvalue weighted by Gasteiger charge is -2.36. The van der Waals surface area contributed by atoms with Crippen LogP contribution in [0.5, 0.6) is 6.01 Å². The summed E-state index contributed by atoms with van der Waals surface area (Å²) in [5.74, 6) is 0. The van der Waals surface area contributed by atoms with E-state index in [4.69, 9.17) is 9.47 Å². The van der Waals surface area contributed by atoms with Gasteiger partial charge in [0.15, 0.2) is 0 Å². The van der Waals surface area contributed by atoms with Crippen molar-refractivity contribution in [3.05, 3.63) is 16.0 Å². The molecule has 1 unspecified atom stereocenters. The Bertz CT molecular complexity index is 369. The molecule has 1 atom stereocenters. The molecule has 1 aliphatic rings. The van der Waals surface area contributed by atoms with Crippen molar-refractivity contribution in [2.75, 3.05) is 19.7 Å². The van der Waals surface area contributed by atoms with Gasteiger partial charge in [0.25, 0.3) is 0 Å². The fourth-order valence-corrected chi connectivity index (χ4v) is 1.98. The highest BCUT2D eigenvalue weighted by Crippen LogP contribution is 2.15. The van der Waals surface area contributed by atoms with Crippen molar-refractivity contribution in [3.8, 4) is 6.01 Å². The van der Waals surface area contributed by atoms with Crippen LogP contribution in [0.15, 0.2) is 12.4 Å². The maximum Gasteiger partial charge on any atom is 0.316 e. The summed E-state index contributed by atoms with van der Waals surface area (Å²) >= 11 is 2.16. The number of nitrogens with zero attached hydrogens (tertiary/aromatic N) is 2. The van der Waals surface area contributed by atoms with Crippen LogP contribution in [0.4, 0.5) is 0 Å². The lowest BCUT2D eigenvalue weighted by Crippen LogP contribution is -2.52. The standard InChI is InChI=1S/C11H16IN3O2/c1-11(2)7-13-5-9(17-11)6-16-10-14-3-8(12)4-15-10/h3-4,9,13H,5-7H2,1-2H3. The summed E-state index contributed by atoms with van der Waals surface area (Å²) in [6.07, 6.45) is 3.50. The summed E-state index contributed by atoms with van der Waals surface area (Å²) < 4.78 is 12.4. The second-order valence-electron chi connectivity index (χ2n) is 4.63. The summed E-state index contributed by atoms with van der Waals surface area (Å²) in [5, 5.41) is 3.32. The molecule has 2 rings (SSSR count). The van der Waals surface area contributed by atoms with Gasteiger partial charge in [0, 0.05) is 29.1 Å². The Labute approximate surface area is 114 Å². The zero-order valence-electron chi connectivity index (χ0n) is 9.94. The van der Waals surface area contributed by atoms with Crippen molar-refractivity contribution in [1.29, 1.82) is 0 Å². The van der Waals surface area contributed by atoms with Gasteiger partial charge >= 0.3 is 6.01 Å². The molecule has 0 saturated carbocycles. The molecule has 0 aliphatic carbocycles. The Morgan fingerprint density at radius 3 is 2.88 bits per heavy atom. The van der Waals surface area contributed by atoms with Gasteiger partial charge in [-0.25, -0.2) is 9.97 Å². The first-order valence-electron chi connectivity index (χ1n) is 5.54. The zero-order chi connectivity index (χ0) is 12.3. The van der Waals surface area contributed by atoms with Gasteiger partial charge in [-0.1, -0.05) is 0 Å². The van der Waals surface area contributed by atoms with Crippen LogP contribution >= 0.6 is 22.6 Å². The molecule has 94 valence electrons. The maximum absolute atomic E-state index is 5.87. The lowest BCUT2D eigenvalue weighted by molar-refractivity contribution is -0.107. The van der Waals surface area contributed by atoms with E-state index < -0.39 is 0 Å². The van der Waals surface area contributed by atoms with E-state index >= 15 is 0 Å².